The van der Waals surface area contributed by atoms with Crippen LogP contribution < -0.4 is 5.32 Å². The zero-order chi connectivity index (χ0) is 10.6. The van der Waals surface area contributed by atoms with Gasteiger partial charge in [0.25, 0.3) is 0 Å². The Kier molecular flexibility index (Phi) is 4.41. The number of benzene rings is 1. The van der Waals surface area contributed by atoms with Gasteiger partial charge in [0.2, 0.25) is 5.91 Å². The Morgan fingerprint density at radius 3 is 2.86 bits per heavy atom. The van der Waals surface area contributed by atoms with Gasteiger partial charge in [-0.05, 0) is 39.9 Å². The van der Waals surface area contributed by atoms with E-state index in [9.17, 15) is 9.18 Å². The zero-order valence-corrected chi connectivity index (χ0v) is 9.74. The van der Waals surface area contributed by atoms with Crippen molar-refractivity contribution in [3.63, 3.8) is 0 Å². The first kappa shape index (κ1) is 11.5. The van der Waals surface area contributed by atoms with Gasteiger partial charge in [-0.15, -0.1) is 0 Å². The maximum absolute atomic E-state index is 12.8. The molecule has 0 spiro atoms. The van der Waals surface area contributed by atoms with Gasteiger partial charge in [-0.25, -0.2) is 4.39 Å². The highest BCUT2D eigenvalue weighted by Gasteiger charge is 2.03. The third-order valence-electron chi connectivity index (χ3n) is 1.54. The second-order valence-corrected chi connectivity index (χ2v) is 3.95. The maximum atomic E-state index is 12.8. The number of rotatable bonds is 3. The molecule has 0 aliphatic carbocycles. The molecule has 1 N–H and O–H groups in total. The molecule has 1 amide bonds. The molecule has 1 aromatic carbocycles. The second kappa shape index (κ2) is 5.36. The van der Waals surface area contributed by atoms with Crippen LogP contribution in [-0.2, 0) is 4.79 Å². The van der Waals surface area contributed by atoms with Crippen molar-refractivity contribution in [2.75, 3.05) is 11.1 Å². The third kappa shape index (κ3) is 3.31. The first-order valence-electron chi connectivity index (χ1n) is 3.99. The molecule has 5 heteroatoms. The number of anilines is 1. The summed E-state index contributed by atoms with van der Waals surface area (Å²) < 4.78 is 13.1. The minimum atomic E-state index is -0.350. The Labute approximate surface area is 95.4 Å². The van der Waals surface area contributed by atoms with E-state index < -0.39 is 0 Å². The van der Waals surface area contributed by atoms with Gasteiger partial charge >= 0.3 is 0 Å². The summed E-state index contributed by atoms with van der Waals surface area (Å²) in [5, 5.41) is 2.63. The lowest BCUT2D eigenvalue weighted by Gasteiger charge is -2.04. The average molecular weight is 278 g/mol. The Bertz CT molecular complexity index is 346. The van der Waals surface area contributed by atoms with Gasteiger partial charge in [0.15, 0.2) is 0 Å². The van der Waals surface area contributed by atoms with Gasteiger partial charge in [0, 0.05) is 12.1 Å². The lowest BCUT2D eigenvalue weighted by Crippen LogP contribution is -2.11. The van der Waals surface area contributed by atoms with Gasteiger partial charge in [-0.3, -0.25) is 4.79 Å². The second-order valence-electron chi connectivity index (χ2n) is 2.65. The normalized spacial score (nSPS) is 9.93. The molecule has 1 aromatic rings. The summed E-state index contributed by atoms with van der Waals surface area (Å²) >= 11 is 6.97. The molecule has 0 atom stereocenters. The highest BCUT2D eigenvalue weighted by Crippen LogP contribution is 2.19. The molecule has 0 unspecified atom stereocenters. The highest BCUT2D eigenvalue weighted by atomic mass is 79.9. The zero-order valence-electron chi connectivity index (χ0n) is 7.26. The van der Waals surface area contributed by atoms with E-state index in [2.05, 4.69) is 33.9 Å². The van der Waals surface area contributed by atoms with Crippen molar-refractivity contribution in [1.82, 2.24) is 0 Å². The summed E-state index contributed by atoms with van der Waals surface area (Å²) in [6, 6.07) is 4.32. The van der Waals surface area contributed by atoms with Crippen LogP contribution in [0.3, 0.4) is 0 Å². The summed E-state index contributed by atoms with van der Waals surface area (Å²) in [7, 11) is 0. The molecule has 0 radical (unpaired) electrons. The number of hydrogen-bond acceptors (Lipinski definition) is 2. The fourth-order valence-corrected chi connectivity index (χ4v) is 1.48. The quantitative estimate of drug-likeness (QED) is 0.818. The fourth-order valence-electron chi connectivity index (χ4n) is 0.899. The Morgan fingerprint density at radius 2 is 2.29 bits per heavy atom. The molecular formula is C9H9BrFNOS. The molecule has 0 saturated carbocycles. The van der Waals surface area contributed by atoms with Crippen LogP contribution in [0.5, 0.6) is 0 Å². The molecule has 1 rings (SSSR count). The molecule has 2 nitrogen and oxygen atoms in total. The van der Waals surface area contributed by atoms with E-state index in [1.54, 1.807) is 0 Å². The number of thiol groups is 1. The maximum Gasteiger partial charge on any atom is 0.225 e. The predicted octanol–water partition coefficient (Wildman–Crippen LogP) is 2.85. The van der Waals surface area contributed by atoms with E-state index in [4.69, 9.17) is 0 Å². The van der Waals surface area contributed by atoms with Crippen LogP contribution in [0.25, 0.3) is 0 Å². The highest BCUT2D eigenvalue weighted by molar-refractivity contribution is 9.10. The summed E-state index contributed by atoms with van der Waals surface area (Å²) in [6.45, 7) is 0. The fraction of sp³-hybridized carbons (Fsp3) is 0.222. The molecule has 0 saturated heterocycles. The number of hydrogen-bond donors (Lipinski definition) is 2. The molecule has 76 valence electrons. The summed E-state index contributed by atoms with van der Waals surface area (Å²) in [5.41, 5.74) is 0.574. The molecule has 0 heterocycles. The van der Waals surface area contributed by atoms with E-state index in [1.165, 1.54) is 18.2 Å². The van der Waals surface area contributed by atoms with Crippen LogP contribution >= 0.6 is 28.6 Å². The van der Waals surface area contributed by atoms with Crippen molar-refractivity contribution >= 4 is 40.2 Å². The molecule has 0 aromatic heterocycles. The molecule has 14 heavy (non-hydrogen) atoms. The van der Waals surface area contributed by atoms with Gasteiger partial charge in [0.1, 0.15) is 5.82 Å². The molecule has 0 aliphatic heterocycles. The summed E-state index contributed by atoms with van der Waals surface area (Å²) in [4.78, 5) is 11.1. The Hall–Kier alpha value is -0.550. The summed E-state index contributed by atoms with van der Waals surface area (Å²) in [5.74, 6) is 0.0180. The van der Waals surface area contributed by atoms with Crippen LogP contribution in [0.15, 0.2) is 22.7 Å². The van der Waals surface area contributed by atoms with Crippen LogP contribution in [0.2, 0.25) is 0 Å². The van der Waals surface area contributed by atoms with Crippen LogP contribution in [0.1, 0.15) is 6.42 Å². The predicted molar refractivity (Wildman–Crippen MR) is 61.2 cm³/mol. The monoisotopic (exact) mass is 277 g/mol. The number of amides is 1. The number of carbonyl (C=O) groups is 1. The van der Waals surface area contributed by atoms with Gasteiger partial charge in [0.05, 0.1) is 4.47 Å². The Morgan fingerprint density at radius 1 is 1.57 bits per heavy atom. The average Bonchev–Trinajstić information content (AvgIpc) is 2.12. The van der Waals surface area contributed by atoms with Gasteiger partial charge < -0.3 is 5.32 Å². The summed E-state index contributed by atoms with van der Waals surface area (Å²) in [6.07, 6.45) is 0.345. The minimum absolute atomic E-state index is 0.126. The SMILES string of the molecule is O=C(CCS)Nc1ccc(F)c(Br)c1. The number of carbonyl (C=O) groups excluding carboxylic acids is 1. The van der Waals surface area contributed by atoms with Crippen molar-refractivity contribution in [1.29, 1.82) is 0 Å². The van der Waals surface area contributed by atoms with Crippen LogP contribution in [-0.4, -0.2) is 11.7 Å². The minimum Gasteiger partial charge on any atom is -0.326 e. The van der Waals surface area contributed by atoms with Crippen molar-refractivity contribution in [3.8, 4) is 0 Å². The topological polar surface area (TPSA) is 29.1 Å². The molecule has 0 bridgehead atoms. The van der Waals surface area contributed by atoms with Crippen molar-refractivity contribution in [3.05, 3.63) is 28.5 Å². The number of halogens is 2. The van der Waals surface area contributed by atoms with E-state index in [-0.39, 0.29) is 11.7 Å². The van der Waals surface area contributed by atoms with E-state index in [1.807, 2.05) is 0 Å². The van der Waals surface area contributed by atoms with E-state index in [0.717, 1.165) is 0 Å². The van der Waals surface area contributed by atoms with E-state index >= 15 is 0 Å². The number of nitrogens with one attached hydrogen (secondary N) is 1. The lowest BCUT2D eigenvalue weighted by molar-refractivity contribution is -0.115. The molecule has 0 fully saturated rings. The third-order valence-corrected chi connectivity index (χ3v) is 2.37. The van der Waals surface area contributed by atoms with Crippen LogP contribution in [0.4, 0.5) is 10.1 Å². The first-order chi connectivity index (χ1) is 6.63. The van der Waals surface area contributed by atoms with Crippen molar-refractivity contribution in [2.45, 2.75) is 6.42 Å². The van der Waals surface area contributed by atoms with Gasteiger partial charge in [-0.1, -0.05) is 0 Å². The lowest BCUT2D eigenvalue weighted by atomic mass is 10.3. The molecular weight excluding hydrogens is 269 g/mol. The van der Waals surface area contributed by atoms with Crippen molar-refractivity contribution < 1.29 is 9.18 Å². The standard InChI is InChI=1S/C9H9BrFNOS/c10-7-5-6(1-2-8(7)11)12-9(13)3-4-14/h1-2,5,14H,3-4H2,(H,12,13). The Balaban J connectivity index is 2.68. The van der Waals surface area contributed by atoms with Gasteiger partial charge in [-0.2, -0.15) is 12.6 Å². The van der Waals surface area contributed by atoms with Crippen molar-refractivity contribution in [2.24, 2.45) is 0 Å². The van der Waals surface area contributed by atoms with Crippen LogP contribution in [0, 0.1) is 5.82 Å². The smallest absolute Gasteiger partial charge is 0.225 e. The largest absolute Gasteiger partial charge is 0.326 e. The first-order valence-corrected chi connectivity index (χ1v) is 5.42. The molecule has 0 aliphatic rings. The van der Waals surface area contributed by atoms with E-state index in [0.29, 0.717) is 22.3 Å².